The fourth-order valence-corrected chi connectivity index (χ4v) is 2.29. The number of thioether (sulfide) groups is 1. The number of rotatable bonds is 10. The molecule has 0 aliphatic rings. The van der Waals surface area contributed by atoms with Gasteiger partial charge in [-0.25, -0.2) is 0 Å². The molecule has 0 unspecified atom stereocenters. The Morgan fingerprint density at radius 2 is 2.05 bits per heavy atom. The molecule has 1 N–H and O–H groups in total. The molecule has 0 heterocycles. The Morgan fingerprint density at radius 1 is 1.25 bits per heavy atom. The van der Waals surface area contributed by atoms with Gasteiger partial charge in [0.25, 0.3) is 0 Å². The second-order valence-corrected chi connectivity index (χ2v) is 6.45. The number of benzene rings is 1. The van der Waals surface area contributed by atoms with E-state index < -0.39 is 0 Å². The first-order chi connectivity index (χ1) is 9.67. The molecule has 0 atom stereocenters. The van der Waals surface area contributed by atoms with Gasteiger partial charge in [0.1, 0.15) is 0 Å². The van der Waals surface area contributed by atoms with Gasteiger partial charge in [-0.2, -0.15) is 11.8 Å². The van der Waals surface area contributed by atoms with Crippen molar-refractivity contribution in [3.63, 3.8) is 0 Å². The summed E-state index contributed by atoms with van der Waals surface area (Å²) in [6.07, 6.45) is 0. The van der Waals surface area contributed by atoms with Gasteiger partial charge in [0.05, 0.1) is 13.7 Å². The third-order valence-electron chi connectivity index (χ3n) is 2.80. The standard InChI is InChI=1S/C16H27NO2S/c1-5-20-9-8-19-16-10-14(6-7-15(16)18-4)12-17-11-13(2)3/h6-7,10,13,17H,5,8-9,11-12H2,1-4H3. The lowest BCUT2D eigenvalue weighted by Crippen LogP contribution is -2.19. The maximum absolute atomic E-state index is 5.82. The molecule has 1 aromatic rings. The molecule has 20 heavy (non-hydrogen) atoms. The summed E-state index contributed by atoms with van der Waals surface area (Å²) in [5.74, 6) is 4.44. The molecule has 0 radical (unpaired) electrons. The Labute approximate surface area is 127 Å². The molecule has 0 aliphatic heterocycles. The minimum Gasteiger partial charge on any atom is -0.493 e. The van der Waals surface area contributed by atoms with Crippen LogP contribution in [0.1, 0.15) is 26.3 Å². The van der Waals surface area contributed by atoms with Gasteiger partial charge in [-0.3, -0.25) is 0 Å². The van der Waals surface area contributed by atoms with Crippen LogP contribution in [0.3, 0.4) is 0 Å². The summed E-state index contributed by atoms with van der Waals surface area (Å²) in [6, 6.07) is 6.14. The molecule has 4 heteroatoms. The summed E-state index contributed by atoms with van der Waals surface area (Å²) in [6.45, 7) is 9.18. The van der Waals surface area contributed by atoms with Crippen molar-refractivity contribution in [1.82, 2.24) is 5.32 Å². The molecule has 0 aromatic heterocycles. The van der Waals surface area contributed by atoms with Crippen molar-refractivity contribution in [2.45, 2.75) is 27.3 Å². The highest BCUT2D eigenvalue weighted by atomic mass is 32.2. The minimum atomic E-state index is 0.662. The largest absolute Gasteiger partial charge is 0.493 e. The number of hydrogen-bond donors (Lipinski definition) is 1. The zero-order valence-corrected chi connectivity index (χ0v) is 13.9. The average molecular weight is 297 g/mol. The van der Waals surface area contributed by atoms with Crippen molar-refractivity contribution < 1.29 is 9.47 Å². The van der Waals surface area contributed by atoms with Crippen LogP contribution in [0.25, 0.3) is 0 Å². The van der Waals surface area contributed by atoms with Crippen LogP contribution in [0.5, 0.6) is 11.5 Å². The van der Waals surface area contributed by atoms with E-state index in [4.69, 9.17) is 9.47 Å². The maximum Gasteiger partial charge on any atom is 0.161 e. The van der Waals surface area contributed by atoms with Crippen molar-refractivity contribution in [3.8, 4) is 11.5 Å². The van der Waals surface area contributed by atoms with Gasteiger partial charge in [-0.05, 0) is 35.9 Å². The van der Waals surface area contributed by atoms with E-state index in [1.54, 1.807) is 7.11 Å². The Morgan fingerprint density at radius 3 is 2.70 bits per heavy atom. The summed E-state index contributed by atoms with van der Waals surface area (Å²) >= 11 is 1.88. The molecule has 0 aliphatic carbocycles. The molecule has 0 amide bonds. The van der Waals surface area contributed by atoms with Crippen LogP contribution >= 0.6 is 11.8 Å². The number of methoxy groups -OCH3 is 1. The Bertz CT molecular complexity index is 383. The second-order valence-electron chi connectivity index (χ2n) is 5.06. The molecule has 1 rings (SSSR count). The number of hydrogen-bond acceptors (Lipinski definition) is 4. The highest BCUT2D eigenvalue weighted by molar-refractivity contribution is 7.99. The number of nitrogens with one attached hydrogen (secondary N) is 1. The molecule has 0 saturated heterocycles. The maximum atomic E-state index is 5.82. The lowest BCUT2D eigenvalue weighted by atomic mass is 10.2. The molecule has 0 bridgehead atoms. The molecular weight excluding hydrogens is 270 g/mol. The van der Waals surface area contributed by atoms with Crippen LogP contribution in [-0.2, 0) is 6.54 Å². The molecule has 1 aromatic carbocycles. The Balaban J connectivity index is 2.55. The zero-order valence-electron chi connectivity index (χ0n) is 13.1. The normalized spacial score (nSPS) is 10.8. The van der Waals surface area contributed by atoms with Crippen LogP contribution in [0.15, 0.2) is 18.2 Å². The van der Waals surface area contributed by atoms with E-state index in [0.29, 0.717) is 5.92 Å². The van der Waals surface area contributed by atoms with Gasteiger partial charge < -0.3 is 14.8 Å². The smallest absolute Gasteiger partial charge is 0.161 e. The summed E-state index contributed by atoms with van der Waals surface area (Å²) in [5.41, 5.74) is 1.23. The topological polar surface area (TPSA) is 30.5 Å². The van der Waals surface area contributed by atoms with E-state index in [1.165, 1.54) is 5.56 Å². The first-order valence-corrected chi connectivity index (χ1v) is 8.41. The fourth-order valence-electron chi connectivity index (χ4n) is 1.80. The fraction of sp³-hybridized carbons (Fsp3) is 0.625. The first-order valence-electron chi connectivity index (χ1n) is 7.25. The summed E-state index contributed by atoms with van der Waals surface area (Å²) in [4.78, 5) is 0. The average Bonchev–Trinajstić information content (AvgIpc) is 2.43. The van der Waals surface area contributed by atoms with Gasteiger partial charge in [0.15, 0.2) is 11.5 Å². The highest BCUT2D eigenvalue weighted by Crippen LogP contribution is 2.28. The Kier molecular flexibility index (Phi) is 8.54. The van der Waals surface area contributed by atoms with E-state index in [-0.39, 0.29) is 0 Å². The van der Waals surface area contributed by atoms with Crippen molar-refractivity contribution in [2.24, 2.45) is 5.92 Å². The molecular formula is C16H27NO2S. The van der Waals surface area contributed by atoms with Crippen LogP contribution in [0.2, 0.25) is 0 Å². The zero-order chi connectivity index (χ0) is 14.8. The van der Waals surface area contributed by atoms with E-state index >= 15 is 0 Å². The predicted octanol–water partition coefficient (Wildman–Crippen LogP) is 3.57. The van der Waals surface area contributed by atoms with Gasteiger partial charge in [-0.15, -0.1) is 0 Å². The molecule has 114 valence electrons. The lowest BCUT2D eigenvalue weighted by molar-refractivity contribution is 0.313. The summed E-state index contributed by atoms with van der Waals surface area (Å²) in [5, 5.41) is 3.44. The van der Waals surface area contributed by atoms with Crippen LogP contribution in [-0.4, -0.2) is 31.8 Å². The molecule has 3 nitrogen and oxygen atoms in total. The Hall–Kier alpha value is -0.870. The highest BCUT2D eigenvalue weighted by Gasteiger charge is 2.06. The SMILES string of the molecule is CCSCCOc1cc(CNCC(C)C)ccc1OC. The van der Waals surface area contributed by atoms with Crippen molar-refractivity contribution >= 4 is 11.8 Å². The second kappa shape index (κ2) is 9.94. The number of ether oxygens (including phenoxy) is 2. The van der Waals surface area contributed by atoms with Gasteiger partial charge in [0.2, 0.25) is 0 Å². The van der Waals surface area contributed by atoms with Crippen LogP contribution < -0.4 is 14.8 Å². The third-order valence-corrected chi connectivity index (χ3v) is 3.66. The monoisotopic (exact) mass is 297 g/mol. The van der Waals surface area contributed by atoms with E-state index in [9.17, 15) is 0 Å². The van der Waals surface area contributed by atoms with Crippen molar-refractivity contribution in [2.75, 3.05) is 31.8 Å². The van der Waals surface area contributed by atoms with Gasteiger partial charge in [0, 0.05) is 12.3 Å². The summed E-state index contributed by atoms with van der Waals surface area (Å²) < 4.78 is 11.2. The lowest BCUT2D eigenvalue weighted by Gasteiger charge is -2.13. The minimum absolute atomic E-state index is 0.662. The van der Waals surface area contributed by atoms with Crippen LogP contribution in [0.4, 0.5) is 0 Å². The van der Waals surface area contributed by atoms with Crippen LogP contribution in [0, 0.1) is 5.92 Å². The van der Waals surface area contributed by atoms with Crippen molar-refractivity contribution in [1.29, 1.82) is 0 Å². The third kappa shape index (κ3) is 6.53. The summed E-state index contributed by atoms with van der Waals surface area (Å²) in [7, 11) is 1.68. The van der Waals surface area contributed by atoms with E-state index in [0.717, 1.165) is 42.7 Å². The quantitative estimate of drug-likeness (QED) is 0.669. The molecule has 0 fully saturated rings. The first kappa shape index (κ1) is 17.2. The molecule has 0 saturated carbocycles. The van der Waals surface area contributed by atoms with E-state index in [2.05, 4.69) is 38.2 Å². The molecule has 0 spiro atoms. The van der Waals surface area contributed by atoms with Gasteiger partial charge >= 0.3 is 0 Å². The van der Waals surface area contributed by atoms with Crippen molar-refractivity contribution in [3.05, 3.63) is 23.8 Å². The van der Waals surface area contributed by atoms with Gasteiger partial charge in [-0.1, -0.05) is 26.8 Å². The predicted molar refractivity (Wildman–Crippen MR) is 88.0 cm³/mol. The van der Waals surface area contributed by atoms with E-state index in [1.807, 2.05) is 17.8 Å².